The van der Waals surface area contributed by atoms with E-state index >= 15 is 0 Å². The summed E-state index contributed by atoms with van der Waals surface area (Å²) in [6, 6.07) is 11.3. The summed E-state index contributed by atoms with van der Waals surface area (Å²) >= 11 is 0. The average molecular weight is 755 g/mol. The predicted molar refractivity (Wildman–Crippen MR) is 199 cm³/mol. The molecule has 0 bridgehead atoms. The van der Waals surface area contributed by atoms with E-state index in [0.29, 0.717) is 64.6 Å². The molecule has 2 rings (SSSR count). The number of nitrogens with zero attached hydrogens (tertiary/aromatic N) is 3. The number of hydrogen-bond donors (Lipinski definition) is 4. The van der Waals surface area contributed by atoms with Crippen LogP contribution in [-0.2, 0) is 46.6 Å². The zero-order valence-corrected chi connectivity index (χ0v) is 31.5. The monoisotopic (exact) mass is 754 g/mol. The first-order chi connectivity index (χ1) is 26.2. The van der Waals surface area contributed by atoms with Crippen LogP contribution in [-0.4, -0.2) is 81.6 Å². The first kappa shape index (κ1) is 47.0. The van der Waals surface area contributed by atoms with Crippen molar-refractivity contribution < 1.29 is 43.4 Å². The number of nitrogens with one attached hydrogen (secondary N) is 3. The molecule has 15 nitrogen and oxygen atoms in total. The van der Waals surface area contributed by atoms with Gasteiger partial charge >= 0.3 is 18.2 Å². The molecule has 54 heavy (non-hydrogen) atoms. The lowest BCUT2D eigenvalue weighted by Gasteiger charge is -2.22. The van der Waals surface area contributed by atoms with Crippen LogP contribution < -0.4 is 16.0 Å². The maximum atomic E-state index is 12.5. The molecule has 0 aliphatic carbocycles. The number of aliphatic carboxylic acids is 1. The SMILES string of the molecule is CC(CCC(=O)O)NC(=O)NCCCCCCC(=O)CCCCCCC(=O)NC(CCCCN(Cc1ccccn1)Cc1ccccn1)OC=O.O=C=O. The van der Waals surface area contributed by atoms with Crippen molar-refractivity contribution in [3.63, 3.8) is 0 Å². The number of rotatable bonds is 30. The smallest absolute Gasteiger partial charge is 0.373 e. The van der Waals surface area contributed by atoms with Gasteiger partial charge in [0.15, 0.2) is 6.23 Å². The highest BCUT2D eigenvalue weighted by molar-refractivity contribution is 5.78. The Bertz CT molecular complexity index is 1320. The van der Waals surface area contributed by atoms with Crippen LogP contribution in [0, 0.1) is 0 Å². The summed E-state index contributed by atoms with van der Waals surface area (Å²) in [6.45, 7) is 4.88. The molecule has 0 aliphatic heterocycles. The quantitative estimate of drug-likeness (QED) is 0.0466. The summed E-state index contributed by atoms with van der Waals surface area (Å²) in [5.74, 6) is -0.772. The number of amides is 3. The van der Waals surface area contributed by atoms with E-state index in [1.54, 1.807) is 19.3 Å². The number of aromatic nitrogens is 2. The molecule has 3 amide bonds. The molecule has 2 heterocycles. The number of carboxylic acids is 1. The topological polar surface area (TPSA) is 214 Å². The van der Waals surface area contributed by atoms with Crippen LogP contribution in [0.3, 0.4) is 0 Å². The number of pyridine rings is 2. The van der Waals surface area contributed by atoms with Gasteiger partial charge in [-0.1, -0.05) is 37.8 Å². The molecule has 2 aromatic heterocycles. The number of Topliss-reactive ketones (excluding diaryl/α,β-unsaturated/α-hetero) is 1. The van der Waals surface area contributed by atoms with Gasteiger partial charge in [0, 0.05) is 70.2 Å². The van der Waals surface area contributed by atoms with E-state index in [0.717, 1.165) is 75.7 Å². The van der Waals surface area contributed by atoms with Crippen LogP contribution in [0.2, 0.25) is 0 Å². The van der Waals surface area contributed by atoms with Gasteiger partial charge in [0.25, 0.3) is 6.47 Å². The Morgan fingerprint density at radius 3 is 1.89 bits per heavy atom. The Hall–Kier alpha value is -5.01. The molecule has 0 fully saturated rings. The fourth-order valence-electron chi connectivity index (χ4n) is 5.59. The molecule has 0 radical (unpaired) electrons. The molecule has 2 aromatic rings. The van der Waals surface area contributed by atoms with Crippen molar-refractivity contribution in [1.29, 1.82) is 0 Å². The summed E-state index contributed by atoms with van der Waals surface area (Å²) in [6.07, 6.45) is 13.9. The van der Waals surface area contributed by atoms with Crippen LogP contribution in [0.15, 0.2) is 48.8 Å². The van der Waals surface area contributed by atoms with Gasteiger partial charge in [0.1, 0.15) is 5.78 Å². The maximum absolute atomic E-state index is 12.5. The number of ketones is 1. The summed E-state index contributed by atoms with van der Waals surface area (Å²) < 4.78 is 5.16. The lowest BCUT2D eigenvalue weighted by Crippen LogP contribution is -2.41. The minimum atomic E-state index is -0.880. The Balaban J connectivity index is 0.00000469. The first-order valence-corrected chi connectivity index (χ1v) is 18.8. The predicted octanol–water partition coefficient (Wildman–Crippen LogP) is 5.09. The van der Waals surface area contributed by atoms with Crippen LogP contribution in [0.25, 0.3) is 0 Å². The van der Waals surface area contributed by atoms with Gasteiger partial charge in [0.2, 0.25) is 5.91 Å². The second kappa shape index (κ2) is 31.5. The van der Waals surface area contributed by atoms with Crippen LogP contribution in [0.5, 0.6) is 0 Å². The van der Waals surface area contributed by atoms with E-state index in [9.17, 15) is 24.0 Å². The molecule has 2 atom stereocenters. The highest BCUT2D eigenvalue weighted by Crippen LogP contribution is 2.12. The zero-order chi connectivity index (χ0) is 39.7. The number of carboxylic acid groups (broad SMARTS) is 1. The van der Waals surface area contributed by atoms with E-state index < -0.39 is 12.2 Å². The summed E-state index contributed by atoms with van der Waals surface area (Å²) in [5.41, 5.74) is 1.96. The number of carbonyl (C=O) groups excluding carboxylic acids is 6. The van der Waals surface area contributed by atoms with E-state index in [1.807, 2.05) is 36.4 Å². The Morgan fingerprint density at radius 2 is 1.35 bits per heavy atom. The lowest BCUT2D eigenvalue weighted by molar-refractivity contribution is -0.191. The van der Waals surface area contributed by atoms with Crippen LogP contribution in [0.4, 0.5) is 4.79 Å². The number of ether oxygens (including phenoxy) is 1. The molecule has 0 aliphatic rings. The molecular weight excluding hydrogens is 696 g/mol. The zero-order valence-electron chi connectivity index (χ0n) is 31.5. The van der Waals surface area contributed by atoms with Gasteiger partial charge in [0.05, 0.1) is 11.4 Å². The van der Waals surface area contributed by atoms with Crippen molar-refractivity contribution in [2.45, 2.75) is 135 Å². The van der Waals surface area contributed by atoms with E-state index in [1.165, 1.54) is 0 Å². The van der Waals surface area contributed by atoms with Gasteiger partial charge in [-0.2, -0.15) is 9.59 Å². The Labute approximate surface area is 318 Å². The average Bonchev–Trinajstić information content (AvgIpc) is 3.14. The second-order valence-corrected chi connectivity index (χ2v) is 13.1. The minimum Gasteiger partial charge on any atom is -0.481 e. The van der Waals surface area contributed by atoms with E-state index in [-0.39, 0.29) is 36.3 Å². The number of urea groups is 1. The molecular formula is C39H58N6O9. The normalized spacial score (nSPS) is 11.6. The van der Waals surface area contributed by atoms with Crippen molar-refractivity contribution >= 4 is 36.3 Å². The summed E-state index contributed by atoms with van der Waals surface area (Å²) in [5, 5.41) is 17.0. The van der Waals surface area contributed by atoms with Crippen molar-refractivity contribution in [2.24, 2.45) is 0 Å². The van der Waals surface area contributed by atoms with Crippen LogP contribution in [0.1, 0.15) is 121 Å². The third kappa shape index (κ3) is 26.7. The standard InChI is InChI=1S/C38H58N6O7.CO2/c1-31(22-23-37(48)49)42-38(50)41-26-12-5-4-7-19-34(46)18-6-2-3-8-20-35(47)43-36(51-30-45)21-11-15-27-44(28-32-16-9-13-24-39-32)29-33-17-10-14-25-40-33;2-1-3/h9-10,13-14,16-17,24-25,30-31,36H,2-8,11-12,15,18-23,26-29H2,1H3,(H,43,47)(H,48,49)(H2,41,42,50);. The fraction of sp³-hybridized carbons (Fsp3) is 0.590. The highest BCUT2D eigenvalue weighted by atomic mass is 16.5. The lowest BCUT2D eigenvalue weighted by atomic mass is 10.0. The van der Waals surface area contributed by atoms with Crippen LogP contribution >= 0.6 is 0 Å². The molecule has 0 aromatic carbocycles. The number of unbranched alkanes of at least 4 members (excludes halogenated alkanes) is 7. The molecule has 0 spiro atoms. The van der Waals surface area contributed by atoms with E-state index in [4.69, 9.17) is 19.4 Å². The Morgan fingerprint density at radius 1 is 0.778 bits per heavy atom. The van der Waals surface area contributed by atoms with Crippen molar-refractivity contribution in [1.82, 2.24) is 30.8 Å². The summed E-state index contributed by atoms with van der Waals surface area (Å²) in [4.78, 5) is 85.7. The second-order valence-electron chi connectivity index (χ2n) is 13.1. The third-order valence-electron chi connectivity index (χ3n) is 8.40. The van der Waals surface area contributed by atoms with Crippen molar-refractivity contribution in [3.05, 3.63) is 60.2 Å². The molecule has 2 unspecified atom stereocenters. The summed E-state index contributed by atoms with van der Waals surface area (Å²) in [7, 11) is 0. The first-order valence-electron chi connectivity index (χ1n) is 18.8. The minimum absolute atomic E-state index is 0.0189. The highest BCUT2D eigenvalue weighted by Gasteiger charge is 2.15. The van der Waals surface area contributed by atoms with Gasteiger partial charge in [-0.05, 0) is 82.7 Å². The van der Waals surface area contributed by atoms with Crippen molar-refractivity contribution in [2.75, 3.05) is 13.1 Å². The fourth-order valence-corrected chi connectivity index (χ4v) is 5.59. The van der Waals surface area contributed by atoms with E-state index in [2.05, 4.69) is 30.8 Å². The molecule has 298 valence electrons. The number of carbonyl (C=O) groups is 5. The maximum Gasteiger partial charge on any atom is 0.373 e. The molecule has 15 heteroatoms. The Kier molecular flexibility index (Phi) is 27.4. The largest absolute Gasteiger partial charge is 0.481 e. The molecule has 0 saturated heterocycles. The number of hydrogen-bond acceptors (Lipinski definition) is 11. The van der Waals surface area contributed by atoms with Crippen molar-refractivity contribution in [3.8, 4) is 0 Å². The van der Waals surface area contributed by atoms with Gasteiger partial charge < -0.3 is 25.8 Å². The van der Waals surface area contributed by atoms with Gasteiger partial charge in [-0.3, -0.25) is 34.0 Å². The van der Waals surface area contributed by atoms with Gasteiger partial charge in [-0.25, -0.2) is 4.79 Å². The molecule has 4 N–H and O–H groups in total. The van der Waals surface area contributed by atoms with Gasteiger partial charge in [-0.15, -0.1) is 0 Å². The third-order valence-corrected chi connectivity index (χ3v) is 8.40. The molecule has 0 saturated carbocycles.